The van der Waals surface area contributed by atoms with Crippen LogP contribution >= 0.6 is 0 Å². The van der Waals surface area contributed by atoms with Crippen LogP contribution < -0.4 is 9.47 Å². The number of benzene rings is 1. The molecule has 1 rings (SSSR count). The van der Waals surface area contributed by atoms with Gasteiger partial charge in [0.25, 0.3) is 0 Å². The van der Waals surface area contributed by atoms with E-state index in [-0.39, 0.29) is 6.10 Å². The first-order valence-electron chi connectivity index (χ1n) is 6.91. The zero-order valence-corrected chi connectivity index (χ0v) is 12.3. The third-order valence-corrected chi connectivity index (χ3v) is 2.77. The molecule has 0 amide bonds. The molecule has 1 N–H and O–H groups in total. The lowest BCUT2D eigenvalue weighted by Crippen LogP contribution is -2.10. The Morgan fingerprint density at radius 3 is 2.75 bits per heavy atom. The average molecular weight is 278 g/mol. The molecule has 4 heteroatoms. The summed E-state index contributed by atoms with van der Waals surface area (Å²) in [7, 11) is 0. The van der Waals surface area contributed by atoms with Crippen molar-refractivity contribution in [2.24, 2.45) is 0 Å². The lowest BCUT2D eigenvalue weighted by molar-refractivity contribution is -0.131. The summed E-state index contributed by atoms with van der Waals surface area (Å²) in [6.45, 7) is 6.70. The highest BCUT2D eigenvalue weighted by Crippen LogP contribution is 2.27. The van der Waals surface area contributed by atoms with E-state index < -0.39 is 5.97 Å². The molecule has 4 nitrogen and oxygen atoms in total. The first-order chi connectivity index (χ1) is 9.56. The van der Waals surface area contributed by atoms with Crippen molar-refractivity contribution in [3.63, 3.8) is 0 Å². The van der Waals surface area contributed by atoms with Gasteiger partial charge < -0.3 is 14.6 Å². The Balaban J connectivity index is 2.99. The fraction of sp³-hybridized carbons (Fsp3) is 0.438. The maximum atomic E-state index is 10.6. The molecule has 0 saturated heterocycles. The summed E-state index contributed by atoms with van der Waals surface area (Å²) in [6, 6.07) is 5.44. The number of rotatable bonds is 8. The van der Waals surface area contributed by atoms with E-state index in [2.05, 4.69) is 0 Å². The van der Waals surface area contributed by atoms with Gasteiger partial charge in [0.05, 0.1) is 12.7 Å². The van der Waals surface area contributed by atoms with Gasteiger partial charge in [0.2, 0.25) is 0 Å². The van der Waals surface area contributed by atoms with Crippen LogP contribution in [0.4, 0.5) is 0 Å². The van der Waals surface area contributed by atoms with Gasteiger partial charge in [0, 0.05) is 17.7 Å². The average Bonchev–Trinajstić information content (AvgIpc) is 2.43. The van der Waals surface area contributed by atoms with Crippen LogP contribution in [0.25, 0.3) is 6.08 Å². The van der Waals surface area contributed by atoms with Crippen LogP contribution in [0.2, 0.25) is 0 Å². The molecule has 0 aliphatic carbocycles. The molecule has 0 saturated carbocycles. The molecule has 0 aliphatic heterocycles. The summed E-state index contributed by atoms with van der Waals surface area (Å²) >= 11 is 0. The van der Waals surface area contributed by atoms with E-state index in [1.54, 1.807) is 0 Å². The molecule has 0 aliphatic rings. The maximum Gasteiger partial charge on any atom is 0.328 e. The Bertz CT molecular complexity index is 466. The molecular weight excluding hydrogens is 256 g/mol. The molecule has 20 heavy (non-hydrogen) atoms. The lowest BCUT2D eigenvalue weighted by atomic mass is 10.1. The van der Waals surface area contributed by atoms with E-state index in [0.717, 1.165) is 30.2 Å². The minimum absolute atomic E-state index is 0.0633. The Kier molecular flexibility index (Phi) is 6.64. The van der Waals surface area contributed by atoms with Crippen LogP contribution in [0.15, 0.2) is 24.3 Å². The van der Waals surface area contributed by atoms with E-state index in [9.17, 15) is 4.79 Å². The summed E-state index contributed by atoms with van der Waals surface area (Å²) in [5.41, 5.74) is 0.733. The molecule has 0 radical (unpaired) electrons. The largest absolute Gasteiger partial charge is 0.493 e. The quantitative estimate of drug-likeness (QED) is 0.736. The van der Waals surface area contributed by atoms with Crippen LogP contribution in [0.5, 0.6) is 11.5 Å². The summed E-state index contributed by atoms with van der Waals surface area (Å²) in [5, 5.41) is 8.71. The van der Waals surface area contributed by atoms with E-state index in [1.165, 1.54) is 6.08 Å². The van der Waals surface area contributed by atoms with Crippen molar-refractivity contribution in [3.05, 3.63) is 29.8 Å². The Morgan fingerprint density at radius 1 is 1.40 bits per heavy atom. The van der Waals surface area contributed by atoms with E-state index in [1.807, 2.05) is 39.0 Å². The van der Waals surface area contributed by atoms with Crippen LogP contribution in [0.3, 0.4) is 0 Å². The van der Waals surface area contributed by atoms with Crippen LogP contribution in [0, 0.1) is 0 Å². The van der Waals surface area contributed by atoms with E-state index in [4.69, 9.17) is 14.6 Å². The molecule has 0 heterocycles. The molecule has 0 aromatic heterocycles. The molecule has 0 bridgehead atoms. The second-order valence-electron chi connectivity index (χ2n) is 4.56. The summed E-state index contributed by atoms with van der Waals surface area (Å²) < 4.78 is 11.4. The lowest BCUT2D eigenvalue weighted by Gasteiger charge is -2.16. The predicted octanol–water partition coefficient (Wildman–Crippen LogP) is 3.75. The zero-order valence-electron chi connectivity index (χ0n) is 12.3. The molecular formula is C16H22O4. The normalized spacial score (nSPS) is 12.3. The monoisotopic (exact) mass is 278 g/mol. The van der Waals surface area contributed by atoms with Crippen molar-refractivity contribution in [2.75, 3.05) is 6.61 Å². The van der Waals surface area contributed by atoms with Crippen molar-refractivity contribution >= 4 is 12.0 Å². The molecule has 0 spiro atoms. The number of hydrogen-bond acceptors (Lipinski definition) is 3. The minimum atomic E-state index is -0.981. The Hall–Kier alpha value is -1.97. The van der Waals surface area contributed by atoms with Gasteiger partial charge in [-0.25, -0.2) is 4.79 Å². The smallest absolute Gasteiger partial charge is 0.328 e. The summed E-state index contributed by atoms with van der Waals surface area (Å²) in [6.07, 6.45) is 4.51. The fourth-order valence-electron chi connectivity index (χ4n) is 1.53. The first-order valence-corrected chi connectivity index (χ1v) is 6.91. The minimum Gasteiger partial charge on any atom is -0.493 e. The summed E-state index contributed by atoms with van der Waals surface area (Å²) in [4.78, 5) is 10.6. The van der Waals surface area contributed by atoms with Crippen molar-refractivity contribution in [1.29, 1.82) is 0 Å². The van der Waals surface area contributed by atoms with Gasteiger partial charge in [-0.3, -0.25) is 0 Å². The maximum absolute atomic E-state index is 10.6. The number of ether oxygens (including phenoxy) is 2. The Labute approximate surface area is 120 Å². The number of carboxylic acids is 1. The van der Waals surface area contributed by atoms with Gasteiger partial charge in [0.15, 0.2) is 0 Å². The van der Waals surface area contributed by atoms with E-state index in [0.29, 0.717) is 12.4 Å². The predicted molar refractivity (Wildman–Crippen MR) is 79.3 cm³/mol. The standard InChI is InChI=1S/C16H22O4/c1-4-10-19-14-8-6-13(7-9-16(17)18)15(11-14)20-12(3)5-2/h6-9,11-12H,4-5,10H2,1-3H3,(H,17,18)/b9-7+. The molecule has 1 atom stereocenters. The van der Waals surface area contributed by atoms with Crippen LogP contribution in [0.1, 0.15) is 39.2 Å². The second kappa shape index (κ2) is 8.25. The third kappa shape index (κ3) is 5.34. The SMILES string of the molecule is CCCOc1ccc(/C=C/C(=O)O)c(OC(C)CC)c1. The fourth-order valence-corrected chi connectivity index (χ4v) is 1.53. The number of aliphatic carboxylic acids is 1. The highest BCUT2D eigenvalue weighted by atomic mass is 16.5. The molecule has 110 valence electrons. The van der Waals surface area contributed by atoms with Crippen molar-refractivity contribution in [2.45, 2.75) is 39.7 Å². The second-order valence-corrected chi connectivity index (χ2v) is 4.56. The van der Waals surface area contributed by atoms with Crippen molar-refractivity contribution < 1.29 is 19.4 Å². The molecule has 0 fully saturated rings. The van der Waals surface area contributed by atoms with E-state index >= 15 is 0 Å². The molecule has 1 unspecified atom stereocenters. The number of carbonyl (C=O) groups is 1. The van der Waals surface area contributed by atoms with Crippen molar-refractivity contribution in [1.82, 2.24) is 0 Å². The van der Waals surface area contributed by atoms with Gasteiger partial charge in [-0.15, -0.1) is 0 Å². The van der Waals surface area contributed by atoms with Gasteiger partial charge in [-0.2, -0.15) is 0 Å². The molecule has 1 aromatic carbocycles. The zero-order chi connectivity index (χ0) is 15.0. The third-order valence-electron chi connectivity index (χ3n) is 2.77. The van der Waals surface area contributed by atoms with Crippen molar-refractivity contribution in [3.8, 4) is 11.5 Å². The van der Waals surface area contributed by atoms with Gasteiger partial charge in [0.1, 0.15) is 11.5 Å². The first kappa shape index (κ1) is 16.1. The van der Waals surface area contributed by atoms with Gasteiger partial charge >= 0.3 is 5.97 Å². The number of carboxylic acid groups (broad SMARTS) is 1. The highest BCUT2D eigenvalue weighted by molar-refractivity contribution is 5.86. The van der Waals surface area contributed by atoms with Gasteiger partial charge in [-0.05, 0) is 38.0 Å². The summed E-state index contributed by atoms with van der Waals surface area (Å²) in [5.74, 6) is 0.397. The highest BCUT2D eigenvalue weighted by Gasteiger charge is 2.08. The molecule has 1 aromatic rings. The van der Waals surface area contributed by atoms with Crippen LogP contribution in [-0.2, 0) is 4.79 Å². The topological polar surface area (TPSA) is 55.8 Å². The van der Waals surface area contributed by atoms with Gasteiger partial charge in [-0.1, -0.05) is 13.8 Å². The number of hydrogen-bond donors (Lipinski definition) is 1. The van der Waals surface area contributed by atoms with Crippen LogP contribution in [-0.4, -0.2) is 23.8 Å². The Morgan fingerprint density at radius 2 is 2.15 bits per heavy atom.